The van der Waals surface area contributed by atoms with Crippen LogP contribution in [0, 0.1) is 0 Å². The van der Waals surface area contributed by atoms with Crippen molar-refractivity contribution in [2.24, 2.45) is 0 Å². The van der Waals surface area contributed by atoms with Gasteiger partial charge in [-0.3, -0.25) is 4.90 Å². The van der Waals surface area contributed by atoms with Crippen LogP contribution in [0.1, 0.15) is 12.0 Å². The third-order valence-electron chi connectivity index (χ3n) is 5.03. The van der Waals surface area contributed by atoms with E-state index in [1.54, 1.807) is 13.2 Å². The summed E-state index contributed by atoms with van der Waals surface area (Å²) >= 11 is 18.5. The van der Waals surface area contributed by atoms with Crippen LogP contribution in [-0.2, 0) is 11.3 Å². The minimum Gasteiger partial charge on any atom is -0.497 e. The van der Waals surface area contributed by atoms with Crippen molar-refractivity contribution >= 4 is 46.2 Å². The molecule has 1 aliphatic rings. The molecule has 0 bridgehead atoms. The first-order valence-electron chi connectivity index (χ1n) is 10.00. The van der Waals surface area contributed by atoms with Crippen molar-refractivity contribution in [2.45, 2.75) is 13.0 Å². The summed E-state index contributed by atoms with van der Waals surface area (Å²) in [5.41, 5.74) is 1.75. The smallest absolute Gasteiger partial charge is 0.173 e. The van der Waals surface area contributed by atoms with Crippen LogP contribution in [0.25, 0.3) is 0 Å². The highest BCUT2D eigenvalue weighted by Gasteiger charge is 2.16. The Morgan fingerprint density at radius 2 is 1.93 bits per heavy atom. The summed E-state index contributed by atoms with van der Waals surface area (Å²) in [6, 6.07) is 13.3. The third-order valence-corrected chi connectivity index (χ3v) is 6.09. The molecule has 0 atom stereocenters. The zero-order valence-electron chi connectivity index (χ0n) is 17.1. The highest BCUT2D eigenvalue weighted by molar-refractivity contribution is 7.80. The number of anilines is 1. The molecule has 0 unspecified atom stereocenters. The number of ether oxygens (including phenoxy) is 2. The number of hydrogen-bond donors (Lipinski definition) is 1. The van der Waals surface area contributed by atoms with Gasteiger partial charge in [0.15, 0.2) is 5.11 Å². The van der Waals surface area contributed by atoms with E-state index in [1.807, 2.05) is 36.4 Å². The van der Waals surface area contributed by atoms with E-state index < -0.39 is 0 Å². The number of nitrogens with zero attached hydrogens (tertiary/aromatic N) is 2. The largest absolute Gasteiger partial charge is 0.497 e. The summed E-state index contributed by atoms with van der Waals surface area (Å²) in [5, 5.41) is 5.21. The lowest BCUT2D eigenvalue weighted by atomic mass is 10.2. The first kappa shape index (κ1) is 23.1. The van der Waals surface area contributed by atoms with Crippen LogP contribution in [-0.4, -0.2) is 61.4 Å². The van der Waals surface area contributed by atoms with E-state index in [2.05, 4.69) is 15.1 Å². The molecule has 0 amide bonds. The standard InChI is InChI=1S/C22H27Cl2N3O2S/c1-28-18-7-8-20(24)21(15-18)25-22(30)27(16-17-5-2-3-6-19(17)23)10-4-9-26-11-13-29-14-12-26/h2-3,5-8,15H,4,9-14,16H2,1H3,(H,25,30). The molecule has 2 aromatic rings. The first-order valence-corrected chi connectivity index (χ1v) is 11.2. The van der Waals surface area contributed by atoms with Crippen molar-refractivity contribution in [1.29, 1.82) is 0 Å². The van der Waals surface area contributed by atoms with Crippen molar-refractivity contribution in [2.75, 3.05) is 51.8 Å². The Hall–Kier alpha value is -1.57. The van der Waals surface area contributed by atoms with Gasteiger partial charge < -0.3 is 19.7 Å². The second-order valence-corrected chi connectivity index (χ2v) is 8.30. The predicted molar refractivity (Wildman–Crippen MR) is 128 cm³/mol. The lowest BCUT2D eigenvalue weighted by molar-refractivity contribution is 0.0368. The van der Waals surface area contributed by atoms with Gasteiger partial charge in [-0.15, -0.1) is 0 Å². The molecule has 0 aromatic heterocycles. The van der Waals surface area contributed by atoms with Gasteiger partial charge in [0.05, 0.1) is 31.0 Å². The van der Waals surface area contributed by atoms with Crippen LogP contribution < -0.4 is 10.1 Å². The molecule has 8 heteroatoms. The molecule has 5 nitrogen and oxygen atoms in total. The second-order valence-electron chi connectivity index (χ2n) is 7.10. The Morgan fingerprint density at radius 3 is 2.67 bits per heavy atom. The first-order chi connectivity index (χ1) is 14.6. The molecule has 30 heavy (non-hydrogen) atoms. The van der Waals surface area contributed by atoms with Gasteiger partial charge in [-0.05, 0) is 42.4 Å². The van der Waals surface area contributed by atoms with Crippen molar-refractivity contribution in [3.8, 4) is 5.75 Å². The molecule has 3 rings (SSSR count). The van der Waals surface area contributed by atoms with E-state index in [1.165, 1.54) is 0 Å². The predicted octanol–water partition coefficient (Wildman–Crippen LogP) is 4.92. The quantitative estimate of drug-likeness (QED) is 0.555. The molecular weight excluding hydrogens is 441 g/mol. The number of nitrogens with one attached hydrogen (secondary N) is 1. The number of hydrogen-bond acceptors (Lipinski definition) is 4. The lowest BCUT2D eigenvalue weighted by Gasteiger charge is -2.30. The maximum Gasteiger partial charge on any atom is 0.173 e. The normalized spacial score (nSPS) is 14.4. The van der Waals surface area contributed by atoms with Crippen LogP contribution in [0.5, 0.6) is 5.75 Å². The average molecular weight is 468 g/mol. The molecule has 0 saturated carbocycles. The van der Waals surface area contributed by atoms with Crippen molar-refractivity contribution < 1.29 is 9.47 Å². The van der Waals surface area contributed by atoms with Crippen LogP contribution in [0.4, 0.5) is 5.69 Å². The number of rotatable bonds is 8. The number of methoxy groups -OCH3 is 1. The van der Waals surface area contributed by atoms with Gasteiger partial charge in [0.1, 0.15) is 5.75 Å². The summed E-state index contributed by atoms with van der Waals surface area (Å²) in [6.07, 6.45) is 0.984. The van der Waals surface area contributed by atoms with Gasteiger partial charge in [-0.1, -0.05) is 41.4 Å². The van der Waals surface area contributed by atoms with E-state index >= 15 is 0 Å². The van der Waals surface area contributed by atoms with Crippen molar-refractivity contribution in [3.05, 3.63) is 58.1 Å². The van der Waals surface area contributed by atoms with Crippen LogP contribution >= 0.6 is 35.4 Å². The third kappa shape index (κ3) is 6.72. The van der Waals surface area contributed by atoms with Gasteiger partial charge in [0, 0.05) is 43.8 Å². The molecule has 1 N–H and O–H groups in total. The Kier molecular flexibility index (Phi) is 9.03. The Morgan fingerprint density at radius 1 is 1.17 bits per heavy atom. The van der Waals surface area contributed by atoms with Gasteiger partial charge in [-0.2, -0.15) is 0 Å². The Labute approximate surface area is 193 Å². The molecule has 162 valence electrons. The summed E-state index contributed by atoms with van der Waals surface area (Å²) in [5.74, 6) is 0.717. The molecule has 0 spiro atoms. The minimum atomic E-state index is 0.587. The summed E-state index contributed by atoms with van der Waals surface area (Å²) in [4.78, 5) is 4.55. The van der Waals surface area contributed by atoms with Gasteiger partial charge in [0.2, 0.25) is 0 Å². The van der Waals surface area contributed by atoms with Gasteiger partial charge in [0.25, 0.3) is 0 Å². The molecule has 1 saturated heterocycles. The molecule has 1 fully saturated rings. The average Bonchev–Trinajstić information content (AvgIpc) is 2.76. The van der Waals surface area contributed by atoms with Crippen LogP contribution in [0.15, 0.2) is 42.5 Å². The number of thiocarbonyl (C=S) groups is 1. The van der Waals surface area contributed by atoms with E-state index in [0.29, 0.717) is 16.7 Å². The Balaban J connectivity index is 1.68. The zero-order chi connectivity index (χ0) is 21.3. The zero-order valence-corrected chi connectivity index (χ0v) is 19.4. The molecule has 2 aromatic carbocycles. The van der Waals surface area contributed by atoms with Crippen molar-refractivity contribution in [3.63, 3.8) is 0 Å². The highest BCUT2D eigenvalue weighted by Crippen LogP contribution is 2.27. The maximum absolute atomic E-state index is 6.40. The topological polar surface area (TPSA) is 37.0 Å². The fourth-order valence-electron chi connectivity index (χ4n) is 3.32. The van der Waals surface area contributed by atoms with Crippen LogP contribution in [0.2, 0.25) is 10.0 Å². The van der Waals surface area contributed by atoms with Gasteiger partial charge in [-0.25, -0.2) is 0 Å². The second kappa shape index (κ2) is 11.7. The number of halogens is 2. The van der Waals surface area contributed by atoms with E-state index in [0.717, 1.165) is 67.8 Å². The van der Waals surface area contributed by atoms with E-state index in [9.17, 15) is 0 Å². The van der Waals surface area contributed by atoms with Crippen LogP contribution in [0.3, 0.4) is 0 Å². The fraction of sp³-hybridized carbons (Fsp3) is 0.409. The highest BCUT2D eigenvalue weighted by atomic mass is 35.5. The molecular formula is C22H27Cl2N3O2S. The fourth-order valence-corrected chi connectivity index (χ4v) is 3.94. The molecule has 0 radical (unpaired) electrons. The Bertz CT molecular complexity index is 847. The van der Waals surface area contributed by atoms with Crippen molar-refractivity contribution in [1.82, 2.24) is 9.80 Å². The SMILES string of the molecule is COc1ccc(Cl)c(NC(=S)N(CCCN2CCOCC2)Cc2ccccc2Cl)c1. The molecule has 1 heterocycles. The summed E-state index contributed by atoms with van der Waals surface area (Å²) < 4.78 is 10.7. The molecule has 1 aliphatic heterocycles. The van der Waals surface area contributed by atoms with E-state index in [4.69, 9.17) is 44.9 Å². The summed E-state index contributed by atoms with van der Waals surface area (Å²) in [7, 11) is 1.63. The maximum atomic E-state index is 6.40. The number of benzene rings is 2. The lowest BCUT2D eigenvalue weighted by Crippen LogP contribution is -2.40. The molecule has 0 aliphatic carbocycles. The van der Waals surface area contributed by atoms with Gasteiger partial charge >= 0.3 is 0 Å². The monoisotopic (exact) mass is 467 g/mol. The summed E-state index contributed by atoms with van der Waals surface area (Å²) in [6.45, 7) is 5.99. The number of morpholine rings is 1. The minimum absolute atomic E-state index is 0.587. The van der Waals surface area contributed by atoms with E-state index in [-0.39, 0.29) is 0 Å².